The largest absolute Gasteiger partial charge is 0.293 e. The number of aliphatic imine (C=N–C) groups is 1. The number of rotatable bonds is 8. The van der Waals surface area contributed by atoms with E-state index >= 15 is 0 Å². The molecule has 0 saturated heterocycles. The summed E-state index contributed by atoms with van der Waals surface area (Å²) in [5.41, 5.74) is 0.970. The number of hydrogen-bond donors (Lipinski definition) is 0. The summed E-state index contributed by atoms with van der Waals surface area (Å²) in [5.74, 6) is -0.196. The van der Waals surface area contributed by atoms with Gasteiger partial charge in [0.1, 0.15) is 5.82 Å². The summed E-state index contributed by atoms with van der Waals surface area (Å²) in [7, 11) is 0. The zero-order chi connectivity index (χ0) is 12.3. The molecule has 17 heavy (non-hydrogen) atoms. The molecule has 0 amide bonds. The van der Waals surface area contributed by atoms with Gasteiger partial charge in [-0.05, 0) is 24.1 Å². The summed E-state index contributed by atoms with van der Waals surface area (Å²) in [6.45, 7) is 3.11. The van der Waals surface area contributed by atoms with Crippen LogP contribution in [0.5, 0.6) is 0 Å². The first kappa shape index (κ1) is 13.9. The lowest BCUT2D eigenvalue weighted by Crippen LogP contribution is -1.86. The van der Waals surface area contributed by atoms with Crippen molar-refractivity contribution in [1.29, 1.82) is 0 Å². The van der Waals surface area contributed by atoms with Crippen molar-refractivity contribution in [2.24, 2.45) is 4.99 Å². The Balaban J connectivity index is 2.08. The fraction of sp³-hybridized carbons (Fsp3) is 0.533. The van der Waals surface area contributed by atoms with Crippen molar-refractivity contribution in [3.05, 3.63) is 35.6 Å². The summed E-state index contributed by atoms with van der Waals surface area (Å²) < 4.78 is 12.6. The van der Waals surface area contributed by atoms with Gasteiger partial charge in [0.25, 0.3) is 0 Å². The number of nitrogens with zero attached hydrogens (tertiary/aromatic N) is 1. The Morgan fingerprint density at radius 2 is 1.65 bits per heavy atom. The van der Waals surface area contributed by atoms with Crippen molar-refractivity contribution in [2.75, 3.05) is 6.54 Å². The third-order valence-corrected chi connectivity index (χ3v) is 2.75. The van der Waals surface area contributed by atoms with E-state index in [9.17, 15) is 4.39 Å². The zero-order valence-electron chi connectivity index (χ0n) is 10.7. The Hall–Kier alpha value is -1.18. The van der Waals surface area contributed by atoms with E-state index in [-0.39, 0.29) is 5.82 Å². The summed E-state index contributed by atoms with van der Waals surface area (Å²) >= 11 is 0. The van der Waals surface area contributed by atoms with Crippen LogP contribution in [0.4, 0.5) is 4.39 Å². The topological polar surface area (TPSA) is 12.4 Å². The van der Waals surface area contributed by atoms with Crippen molar-refractivity contribution in [2.45, 2.75) is 45.4 Å². The second kappa shape index (κ2) is 8.91. The molecule has 2 heteroatoms. The van der Waals surface area contributed by atoms with Crippen LogP contribution < -0.4 is 0 Å². The molecule has 0 aromatic heterocycles. The van der Waals surface area contributed by atoms with Crippen LogP contribution in [0, 0.1) is 5.82 Å². The maximum atomic E-state index is 12.6. The van der Waals surface area contributed by atoms with E-state index in [1.807, 2.05) is 6.21 Å². The zero-order valence-corrected chi connectivity index (χ0v) is 10.7. The van der Waals surface area contributed by atoms with Gasteiger partial charge in [-0.2, -0.15) is 0 Å². The van der Waals surface area contributed by atoms with Crippen LogP contribution in [0.3, 0.4) is 0 Å². The number of unbranched alkanes of at least 4 members (excludes halogenated alkanes) is 5. The van der Waals surface area contributed by atoms with Gasteiger partial charge in [-0.25, -0.2) is 4.39 Å². The van der Waals surface area contributed by atoms with Gasteiger partial charge in [-0.15, -0.1) is 0 Å². The van der Waals surface area contributed by atoms with Gasteiger partial charge in [0.05, 0.1) is 0 Å². The molecule has 0 aliphatic heterocycles. The third-order valence-electron chi connectivity index (χ3n) is 2.75. The normalized spacial score (nSPS) is 11.2. The highest BCUT2D eigenvalue weighted by atomic mass is 19.1. The predicted octanol–water partition coefficient (Wildman–Crippen LogP) is 4.61. The quantitative estimate of drug-likeness (QED) is 0.461. The van der Waals surface area contributed by atoms with Crippen LogP contribution >= 0.6 is 0 Å². The van der Waals surface area contributed by atoms with E-state index in [1.165, 1.54) is 44.2 Å². The monoisotopic (exact) mass is 235 g/mol. The molecule has 0 heterocycles. The fourth-order valence-corrected chi connectivity index (χ4v) is 1.70. The first-order valence-corrected chi connectivity index (χ1v) is 6.58. The highest BCUT2D eigenvalue weighted by Gasteiger charge is 1.90. The highest BCUT2D eigenvalue weighted by molar-refractivity contribution is 5.79. The van der Waals surface area contributed by atoms with Crippen LogP contribution in [0.2, 0.25) is 0 Å². The minimum atomic E-state index is -0.196. The lowest BCUT2D eigenvalue weighted by atomic mass is 10.1. The van der Waals surface area contributed by atoms with Crippen molar-refractivity contribution in [3.8, 4) is 0 Å². The van der Waals surface area contributed by atoms with Crippen molar-refractivity contribution in [1.82, 2.24) is 0 Å². The van der Waals surface area contributed by atoms with E-state index in [0.29, 0.717) is 0 Å². The van der Waals surface area contributed by atoms with Gasteiger partial charge in [0.15, 0.2) is 0 Å². The molecule has 1 aromatic carbocycles. The fourth-order valence-electron chi connectivity index (χ4n) is 1.70. The molecule has 1 rings (SSSR count). The van der Waals surface area contributed by atoms with Crippen LogP contribution in [0.15, 0.2) is 29.3 Å². The third kappa shape index (κ3) is 6.88. The van der Waals surface area contributed by atoms with Crippen LogP contribution in [0.25, 0.3) is 0 Å². The maximum absolute atomic E-state index is 12.6. The minimum absolute atomic E-state index is 0.196. The number of benzene rings is 1. The minimum Gasteiger partial charge on any atom is -0.293 e. The molecule has 0 unspecified atom stereocenters. The summed E-state index contributed by atoms with van der Waals surface area (Å²) in [6, 6.07) is 6.43. The average molecular weight is 235 g/mol. The van der Waals surface area contributed by atoms with Crippen LogP contribution in [-0.4, -0.2) is 12.8 Å². The molecule has 94 valence electrons. The van der Waals surface area contributed by atoms with E-state index < -0.39 is 0 Å². The smallest absolute Gasteiger partial charge is 0.123 e. The molecule has 0 N–H and O–H groups in total. The molecular formula is C15H22FN. The first-order chi connectivity index (χ1) is 8.33. The van der Waals surface area contributed by atoms with Gasteiger partial charge in [-0.3, -0.25) is 4.99 Å². The Labute approximate surface area is 104 Å². The van der Waals surface area contributed by atoms with E-state index in [2.05, 4.69) is 11.9 Å². The van der Waals surface area contributed by atoms with Crippen LogP contribution in [0.1, 0.15) is 51.0 Å². The van der Waals surface area contributed by atoms with Gasteiger partial charge in [0, 0.05) is 12.8 Å². The Morgan fingerprint density at radius 3 is 2.35 bits per heavy atom. The molecular weight excluding hydrogens is 213 g/mol. The van der Waals surface area contributed by atoms with Crippen molar-refractivity contribution in [3.63, 3.8) is 0 Å². The standard InChI is InChI=1S/C15H22FN/c1-2-3-4-5-6-7-12-17-13-14-8-10-15(16)11-9-14/h8-11,13H,2-7,12H2,1H3. The van der Waals surface area contributed by atoms with Gasteiger partial charge in [-0.1, -0.05) is 51.2 Å². The van der Waals surface area contributed by atoms with Gasteiger partial charge >= 0.3 is 0 Å². The molecule has 0 aliphatic rings. The van der Waals surface area contributed by atoms with Crippen LogP contribution in [-0.2, 0) is 0 Å². The molecule has 0 spiro atoms. The van der Waals surface area contributed by atoms with Gasteiger partial charge in [0.2, 0.25) is 0 Å². The Morgan fingerprint density at radius 1 is 1.00 bits per heavy atom. The van der Waals surface area contributed by atoms with E-state index in [4.69, 9.17) is 0 Å². The first-order valence-electron chi connectivity index (χ1n) is 6.58. The second-order valence-corrected chi connectivity index (χ2v) is 4.35. The maximum Gasteiger partial charge on any atom is 0.123 e. The SMILES string of the molecule is CCCCCCCCN=Cc1ccc(F)cc1. The second-order valence-electron chi connectivity index (χ2n) is 4.35. The molecule has 0 aliphatic carbocycles. The summed E-state index contributed by atoms with van der Waals surface area (Å²) in [6.07, 6.45) is 9.55. The Bertz CT molecular complexity index is 316. The predicted molar refractivity (Wildman–Crippen MR) is 72.2 cm³/mol. The lowest BCUT2D eigenvalue weighted by Gasteiger charge is -1.97. The molecule has 0 radical (unpaired) electrons. The van der Waals surface area contributed by atoms with E-state index in [0.717, 1.165) is 18.5 Å². The molecule has 1 aromatic rings. The summed E-state index contributed by atoms with van der Waals surface area (Å²) in [4.78, 5) is 4.34. The molecule has 0 saturated carbocycles. The number of halogens is 1. The van der Waals surface area contributed by atoms with Crippen molar-refractivity contribution < 1.29 is 4.39 Å². The lowest BCUT2D eigenvalue weighted by molar-refractivity contribution is 0.612. The summed E-state index contributed by atoms with van der Waals surface area (Å²) in [5, 5.41) is 0. The average Bonchev–Trinajstić information content (AvgIpc) is 2.35. The molecule has 0 atom stereocenters. The molecule has 1 nitrogen and oxygen atoms in total. The Kier molecular flexibility index (Phi) is 7.28. The van der Waals surface area contributed by atoms with E-state index in [1.54, 1.807) is 12.1 Å². The van der Waals surface area contributed by atoms with Crippen molar-refractivity contribution >= 4 is 6.21 Å². The van der Waals surface area contributed by atoms with Gasteiger partial charge < -0.3 is 0 Å². The highest BCUT2D eigenvalue weighted by Crippen LogP contribution is 2.05. The molecule has 0 fully saturated rings. The molecule has 0 bridgehead atoms. The number of hydrogen-bond acceptors (Lipinski definition) is 1.